The van der Waals surface area contributed by atoms with Gasteiger partial charge in [-0.3, -0.25) is 14.5 Å². The summed E-state index contributed by atoms with van der Waals surface area (Å²) in [5.41, 5.74) is 8.58. The zero-order valence-corrected chi connectivity index (χ0v) is 27.6. The van der Waals surface area contributed by atoms with Gasteiger partial charge in [0.15, 0.2) is 11.5 Å². The highest BCUT2D eigenvalue weighted by Crippen LogP contribution is 2.62. The SMILES string of the molecule is COc1cc2ncc3c(N)nc(-c4cncc(OC[C@]5(I)CN5P(=O)(c5ccccc5)c5ccccc5)c4)cc3c2cc1OC. The first-order valence-electron chi connectivity index (χ1n) is 14.2. The van der Waals surface area contributed by atoms with Gasteiger partial charge in [0.2, 0.25) is 7.29 Å². The van der Waals surface area contributed by atoms with Crippen molar-refractivity contribution >= 4 is 68.0 Å². The summed E-state index contributed by atoms with van der Waals surface area (Å²) in [6.45, 7) is 0.952. The van der Waals surface area contributed by atoms with Gasteiger partial charge in [-0.2, -0.15) is 0 Å². The van der Waals surface area contributed by atoms with Crippen molar-refractivity contribution in [3.63, 3.8) is 0 Å². The quantitative estimate of drug-likeness (QED) is 0.0465. The number of nitrogens with two attached hydrogens (primary N) is 1. The van der Waals surface area contributed by atoms with E-state index < -0.39 is 10.8 Å². The van der Waals surface area contributed by atoms with E-state index in [1.807, 2.05) is 84.9 Å². The number of hydrogen-bond donors (Lipinski definition) is 1. The first kappa shape index (κ1) is 29.5. The predicted octanol–water partition coefficient (Wildman–Crippen LogP) is 6.20. The van der Waals surface area contributed by atoms with Crippen molar-refractivity contribution in [1.29, 1.82) is 0 Å². The fourth-order valence-corrected chi connectivity index (χ4v) is 10.3. The van der Waals surface area contributed by atoms with Crippen molar-refractivity contribution in [2.75, 3.05) is 33.1 Å². The van der Waals surface area contributed by atoms with Crippen molar-refractivity contribution in [1.82, 2.24) is 19.6 Å². The normalized spacial score (nSPS) is 17.7. The van der Waals surface area contributed by atoms with Crippen LogP contribution in [0.2, 0.25) is 0 Å². The van der Waals surface area contributed by atoms with E-state index >= 15 is 0 Å². The molecule has 3 aromatic carbocycles. The molecule has 0 amide bonds. The van der Waals surface area contributed by atoms with Crippen LogP contribution in [-0.2, 0) is 4.57 Å². The van der Waals surface area contributed by atoms with Gasteiger partial charge in [0.25, 0.3) is 0 Å². The Morgan fingerprint density at radius 1 is 0.867 bits per heavy atom. The number of nitrogens with zero attached hydrogens (tertiary/aromatic N) is 4. The van der Waals surface area contributed by atoms with Gasteiger partial charge in [-0.1, -0.05) is 59.0 Å². The number of hydrogen-bond acceptors (Lipinski definition) is 8. The van der Waals surface area contributed by atoms with Crippen LogP contribution in [0.4, 0.5) is 5.82 Å². The molecule has 1 saturated heterocycles. The minimum Gasteiger partial charge on any atom is -0.493 e. The van der Waals surface area contributed by atoms with E-state index in [1.165, 1.54) is 0 Å². The third-order valence-electron chi connectivity index (χ3n) is 7.99. The van der Waals surface area contributed by atoms with Crippen molar-refractivity contribution in [3.8, 4) is 28.5 Å². The molecule has 7 rings (SSSR count). The zero-order chi connectivity index (χ0) is 31.2. The first-order chi connectivity index (χ1) is 21.8. The van der Waals surface area contributed by atoms with Crippen LogP contribution in [0.5, 0.6) is 17.2 Å². The standard InChI is InChI=1S/C34H29IN5O4P/c1-42-31-15-27-26-14-29(39-33(36)28(26)19-38-30(27)16-32(31)43-2)22-13-23(18-37-17-22)44-21-34(35)20-40(34)45(41,24-9-5-3-6-10-24)25-11-7-4-8-12-25/h3-19H,20-21H2,1-2H3,(H2,36,39)/t34-,40?/m0/s1. The monoisotopic (exact) mass is 729 g/mol. The summed E-state index contributed by atoms with van der Waals surface area (Å²) < 4.78 is 33.7. The summed E-state index contributed by atoms with van der Waals surface area (Å²) in [7, 11) is 0.135. The minimum absolute atomic E-state index is 0.327. The molecule has 11 heteroatoms. The summed E-state index contributed by atoms with van der Waals surface area (Å²) >= 11 is 2.36. The lowest BCUT2D eigenvalue weighted by atomic mass is 10.0. The number of aromatic nitrogens is 3. The molecule has 2 atom stereocenters. The summed E-state index contributed by atoms with van der Waals surface area (Å²) in [6.07, 6.45) is 5.12. The number of fused-ring (bicyclic) bond motifs is 3. The van der Waals surface area contributed by atoms with E-state index in [0.717, 1.165) is 37.8 Å². The minimum atomic E-state index is -3.06. The summed E-state index contributed by atoms with van der Waals surface area (Å²) in [4.78, 5) is 13.7. The molecule has 6 aromatic rings. The lowest BCUT2D eigenvalue weighted by Gasteiger charge is -2.23. The van der Waals surface area contributed by atoms with Gasteiger partial charge in [-0.15, -0.1) is 0 Å². The van der Waals surface area contributed by atoms with Gasteiger partial charge in [-0.25, -0.2) is 9.65 Å². The molecule has 0 radical (unpaired) electrons. The highest BCUT2D eigenvalue weighted by atomic mass is 127. The van der Waals surface area contributed by atoms with Crippen LogP contribution in [-0.4, -0.2) is 50.5 Å². The molecule has 0 bridgehead atoms. The van der Waals surface area contributed by atoms with E-state index in [2.05, 4.69) is 42.2 Å². The molecule has 1 unspecified atom stereocenters. The molecule has 226 valence electrons. The van der Waals surface area contributed by atoms with Crippen LogP contribution in [0, 0.1) is 0 Å². The lowest BCUT2D eigenvalue weighted by Crippen LogP contribution is -2.27. The number of alkyl halides is 1. The number of methoxy groups -OCH3 is 2. The Bertz CT molecular complexity index is 2060. The van der Waals surface area contributed by atoms with Crippen LogP contribution < -0.4 is 30.6 Å². The topological polar surface area (TPSA) is 112 Å². The molecule has 3 aromatic heterocycles. The maximum Gasteiger partial charge on any atom is 0.208 e. The second-order valence-electron chi connectivity index (χ2n) is 10.8. The van der Waals surface area contributed by atoms with E-state index in [0.29, 0.717) is 41.9 Å². The molecule has 1 aliphatic heterocycles. The van der Waals surface area contributed by atoms with Gasteiger partial charge < -0.3 is 19.9 Å². The number of ether oxygens (including phenoxy) is 3. The first-order valence-corrected chi connectivity index (χ1v) is 17.0. The lowest BCUT2D eigenvalue weighted by molar-refractivity contribution is 0.303. The Hall–Kier alpha value is -4.25. The number of halogens is 1. The number of benzene rings is 3. The molecule has 1 fully saturated rings. The third-order valence-corrected chi connectivity index (χ3v) is 12.8. The van der Waals surface area contributed by atoms with Crippen molar-refractivity contribution in [3.05, 3.63) is 104 Å². The predicted molar refractivity (Wildman–Crippen MR) is 187 cm³/mol. The number of anilines is 1. The molecular formula is C34H29IN5O4P. The van der Waals surface area contributed by atoms with Crippen LogP contribution >= 0.6 is 29.9 Å². The van der Waals surface area contributed by atoms with Crippen molar-refractivity contribution < 1.29 is 18.8 Å². The van der Waals surface area contributed by atoms with Crippen LogP contribution in [0.25, 0.3) is 32.9 Å². The van der Waals surface area contributed by atoms with Gasteiger partial charge in [0.1, 0.15) is 21.7 Å². The Morgan fingerprint density at radius 3 is 2.20 bits per heavy atom. The smallest absolute Gasteiger partial charge is 0.208 e. The van der Waals surface area contributed by atoms with Crippen LogP contribution in [0.3, 0.4) is 0 Å². The highest BCUT2D eigenvalue weighted by Gasteiger charge is 2.60. The Morgan fingerprint density at radius 2 is 1.53 bits per heavy atom. The maximum atomic E-state index is 14.8. The Labute approximate surface area is 273 Å². The summed E-state index contributed by atoms with van der Waals surface area (Å²) in [6, 6.07) is 26.9. The van der Waals surface area contributed by atoms with E-state index in [9.17, 15) is 4.57 Å². The van der Waals surface area contributed by atoms with Crippen LogP contribution in [0.1, 0.15) is 0 Å². The highest BCUT2D eigenvalue weighted by molar-refractivity contribution is 14.1. The summed E-state index contributed by atoms with van der Waals surface area (Å²) in [5, 5.41) is 4.09. The molecule has 1 aliphatic rings. The maximum absolute atomic E-state index is 14.8. The Balaban J connectivity index is 1.18. The second-order valence-corrected chi connectivity index (χ2v) is 15.4. The second kappa shape index (κ2) is 11.6. The molecule has 9 nitrogen and oxygen atoms in total. The van der Waals surface area contributed by atoms with Crippen LogP contribution in [0.15, 0.2) is 104 Å². The molecule has 0 spiro atoms. The summed E-state index contributed by atoms with van der Waals surface area (Å²) in [5.74, 6) is 2.13. The number of nitrogen functional groups attached to an aromatic ring is 1. The van der Waals surface area contributed by atoms with Crippen molar-refractivity contribution in [2.45, 2.75) is 3.55 Å². The zero-order valence-electron chi connectivity index (χ0n) is 24.6. The Kier molecular flexibility index (Phi) is 7.59. The number of pyridine rings is 3. The molecule has 2 N–H and O–H groups in total. The van der Waals surface area contributed by atoms with Gasteiger partial charge in [0, 0.05) is 51.9 Å². The molecule has 0 aliphatic carbocycles. The molecular weight excluding hydrogens is 700 g/mol. The third kappa shape index (κ3) is 5.26. The molecule has 45 heavy (non-hydrogen) atoms. The fraction of sp³-hybridized carbons (Fsp3) is 0.147. The van der Waals surface area contributed by atoms with E-state index in [4.69, 9.17) is 19.9 Å². The average molecular weight is 730 g/mol. The molecule has 4 heterocycles. The largest absolute Gasteiger partial charge is 0.493 e. The van der Waals surface area contributed by atoms with Gasteiger partial charge in [0.05, 0.1) is 31.6 Å². The van der Waals surface area contributed by atoms with Crippen molar-refractivity contribution in [2.24, 2.45) is 0 Å². The van der Waals surface area contributed by atoms with E-state index in [-0.39, 0.29) is 0 Å². The number of rotatable bonds is 9. The van der Waals surface area contributed by atoms with Gasteiger partial charge >= 0.3 is 0 Å². The average Bonchev–Trinajstić information content (AvgIpc) is 3.78. The fourth-order valence-electron chi connectivity index (χ4n) is 5.59. The van der Waals surface area contributed by atoms with E-state index in [1.54, 1.807) is 32.8 Å². The molecule has 0 saturated carbocycles. The van der Waals surface area contributed by atoms with Gasteiger partial charge in [-0.05, 0) is 47.9 Å².